The number of fused-ring (bicyclic) bond motifs is 3. The molecule has 1 amide bonds. The zero-order valence-corrected chi connectivity index (χ0v) is 16.5. The molecule has 0 saturated carbocycles. The molecular formula is C22H26N4O2. The topological polar surface area (TPSA) is 58.0 Å². The Morgan fingerprint density at radius 2 is 2.14 bits per heavy atom. The highest BCUT2D eigenvalue weighted by atomic mass is 16.5. The first-order chi connectivity index (χ1) is 13.6. The highest BCUT2D eigenvalue weighted by Crippen LogP contribution is 2.34. The third-order valence-electron chi connectivity index (χ3n) is 5.25. The summed E-state index contributed by atoms with van der Waals surface area (Å²) in [5.41, 5.74) is 3.37. The number of hydrogen-bond donors (Lipinski definition) is 0. The second-order valence-electron chi connectivity index (χ2n) is 7.64. The summed E-state index contributed by atoms with van der Waals surface area (Å²) in [6.45, 7) is 1.73. The number of ether oxygens (including phenoxy) is 1. The lowest BCUT2D eigenvalue weighted by molar-refractivity contribution is -0.119. The van der Waals surface area contributed by atoms with E-state index in [9.17, 15) is 4.79 Å². The van der Waals surface area contributed by atoms with Gasteiger partial charge in [0.25, 0.3) is 0 Å². The summed E-state index contributed by atoms with van der Waals surface area (Å²) in [5.74, 6) is 1.68. The number of aromatic nitrogens is 1. The predicted molar refractivity (Wildman–Crippen MR) is 110 cm³/mol. The van der Waals surface area contributed by atoms with Gasteiger partial charge in [-0.25, -0.2) is 4.98 Å². The van der Waals surface area contributed by atoms with Gasteiger partial charge in [0.2, 0.25) is 5.91 Å². The molecule has 1 aromatic carbocycles. The predicted octanol–water partition coefficient (Wildman–Crippen LogP) is 3.12. The van der Waals surface area contributed by atoms with E-state index in [-0.39, 0.29) is 11.8 Å². The third kappa shape index (κ3) is 3.92. The van der Waals surface area contributed by atoms with E-state index in [2.05, 4.69) is 36.1 Å². The number of hydrazone groups is 1. The van der Waals surface area contributed by atoms with Gasteiger partial charge in [0.1, 0.15) is 5.75 Å². The molecular weight excluding hydrogens is 352 g/mol. The summed E-state index contributed by atoms with van der Waals surface area (Å²) < 4.78 is 5.92. The molecule has 1 aliphatic carbocycles. The van der Waals surface area contributed by atoms with E-state index in [1.807, 2.05) is 24.3 Å². The normalized spacial score (nSPS) is 18.5. The second kappa shape index (κ2) is 8.10. The maximum atomic E-state index is 12.6. The fraction of sp³-hybridized carbons (Fsp3) is 0.409. The van der Waals surface area contributed by atoms with E-state index in [1.165, 1.54) is 10.6 Å². The van der Waals surface area contributed by atoms with E-state index in [1.54, 1.807) is 6.20 Å². The number of benzene rings is 1. The first-order valence-electron chi connectivity index (χ1n) is 9.85. The Labute approximate surface area is 165 Å². The Morgan fingerprint density at radius 1 is 1.25 bits per heavy atom. The smallest absolute Gasteiger partial charge is 0.249 e. The van der Waals surface area contributed by atoms with Gasteiger partial charge in [0.15, 0.2) is 5.82 Å². The minimum Gasteiger partial charge on any atom is -0.494 e. The molecule has 2 aliphatic rings. The van der Waals surface area contributed by atoms with Gasteiger partial charge in [-0.05, 0) is 69.3 Å². The Bertz CT molecular complexity index is 879. The van der Waals surface area contributed by atoms with Crippen molar-refractivity contribution in [3.8, 4) is 5.75 Å². The molecule has 1 aromatic heterocycles. The van der Waals surface area contributed by atoms with E-state index in [4.69, 9.17) is 9.84 Å². The van der Waals surface area contributed by atoms with Crippen molar-refractivity contribution < 1.29 is 9.53 Å². The molecule has 0 spiro atoms. The largest absolute Gasteiger partial charge is 0.494 e. The van der Waals surface area contributed by atoms with Crippen molar-refractivity contribution in [2.24, 2.45) is 11.0 Å². The van der Waals surface area contributed by atoms with E-state index in [0.717, 1.165) is 42.8 Å². The Kier molecular flexibility index (Phi) is 5.39. The zero-order chi connectivity index (χ0) is 19.5. The molecule has 1 atom stereocenters. The number of aryl methyl sites for hydroxylation is 1. The maximum absolute atomic E-state index is 12.6. The summed E-state index contributed by atoms with van der Waals surface area (Å²) in [5, 5.41) is 6.16. The second-order valence-corrected chi connectivity index (χ2v) is 7.64. The van der Waals surface area contributed by atoms with Crippen molar-refractivity contribution >= 4 is 17.4 Å². The summed E-state index contributed by atoms with van der Waals surface area (Å²) in [6, 6.07) is 11.8. The van der Waals surface area contributed by atoms with Gasteiger partial charge in [-0.3, -0.25) is 4.79 Å². The van der Waals surface area contributed by atoms with Crippen molar-refractivity contribution in [3.63, 3.8) is 0 Å². The van der Waals surface area contributed by atoms with Crippen LogP contribution in [0, 0.1) is 5.92 Å². The molecule has 1 unspecified atom stereocenters. The Morgan fingerprint density at radius 3 is 2.93 bits per heavy atom. The molecule has 6 nitrogen and oxygen atoms in total. The number of carbonyl (C=O) groups is 1. The fourth-order valence-electron chi connectivity index (χ4n) is 3.83. The Balaban J connectivity index is 1.55. The van der Waals surface area contributed by atoms with Crippen LogP contribution in [0.1, 0.15) is 30.4 Å². The van der Waals surface area contributed by atoms with Crippen LogP contribution in [0.25, 0.3) is 0 Å². The first-order valence-corrected chi connectivity index (χ1v) is 9.85. The molecule has 0 bridgehead atoms. The number of rotatable bonds is 6. The van der Waals surface area contributed by atoms with Crippen molar-refractivity contribution in [2.75, 3.05) is 32.3 Å². The average Bonchev–Trinajstić information content (AvgIpc) is 2.71. The van der Waals surface area contributed by atoms with Crippen LogP contribution >= 0.6 is 0 Å². The molecule has 0 saturated heterocycles. The lowest BCUT2D eigenvalue weighted by atomic mass is 9.79. The molecule has 2 aromatic rings. The lowest BCUT2D eigenvalue weighted by Crippen LogP contribution is -2.39. The minimum absolute atomic E-state index is 0.0109. The molecule has 28 heavy (non-hydrogen) atoms. The van der Waals surface area contributed by atoms with Gasteiger partial charge in [-0.15, -0.1) is 0 Å². The lowest BCUT2D eigenvalue weighted by Gasteiger charge is -2.33. The minimum atomic E-state index is 0.0109. The molecule has 0 fully saturated rings. The zero-order valence-electron chi connectivity index (χ0n) is 16.5. The van der Waals surface area contributed by atoms with Crippen LogP contribution in [0.5, 0.6) is 5.75 Å². The van der Waals surface area contributed by atoms with Gasteiger partial charge in [0.05, 0.1) is 12.3 Å². The van der Waals surface area contributed by atoms with E-state index in [0.29, 0.717) is 18.8 Å². The Hall–Kier alpha value is -2.73. The van der Waals surface area contributed by atoms with Crippen LogP contribution in [0.15, 0.2) is 47.7 Å². The average molecular weight is 378 g/mol. The number of carbonyl (C=O) groups excluding carboxylic acids is 1. The molecule has 146 valence electrons. The fourth-order valence-corrected chi connectivity index (χ4v) is 3.83. The third-order valence-corrected chi connectivity index (χ3v) is 5.25. The summed E-state index contributed by atoms with van der Waals surface area (Å²) in [4.78, 5) is 19.0. The maximum Gasteiger partial charge on any atom is 0.249 e. The summed E-state index contributed by atoms with van der Waals surface area (Å²) in [7, 11) is 4.14. The van der Waals surface area contributed by atoms with E-state index >= 15 is 0 Å². The van der Waals surface area contributed by atoms with E-state index < -0.39 is 0 Å². The van der Waals surface area contributed by atoms with Gasteiger partial charge in [-0.1, -0.05) is 6.07 Å². The van der Waals surface area contributed by atoms with Crippen LogP contribution in [0.4, 0.5) is 5.82 Å². The molecule has 1 aliphatic heterocycles. The van der Waals surface area contributed by atoms with Gasteiger partial charge in [-0.2, -0.15) is 10.1 Å². The number of anilines is 1. The van der Waals surface area contributed by atoms with Crippen LogP contribution < -0.4 is 9.75 Å². The first kappa shape index (κ1) is 18.6. The summed E-state index contributed by atoms with van der Waals surface area (Å²) >= 11 is 0. The molecule has 2 heterocycles. The molecule has 4 rings (SSSR count). The van der Waals surface area contributed by atoms with Crippen LogP contribution in [0.3, 0.4) is 0 Å². The highest BCUT2D eigenvalue weighted by molar-refractivity contribution is 6.11. The quantitative estimate of drug-likeness (QED) is 0.725. The van der Waals surface area contributed by atoms with Crippen molar-refractivity contribution in [1.82, 2.24) is 9.88 Å². The number of nitrogens with zero attached hydrogens (tertiary/aromatic N) is 4. The number of pyridine rings is 1. The molecule has 6 heteroatoms. The van der Waals surface area contributed by atoms with Gasteiger partial charge in [0, 0.05) is 30.6 Å². The van der Waals surface area contributed by atoms with Crippen LogP contribution in [-0.2, 0) is 11.2 Å². The standard InChI is InChI=1S/C22H26N4O2/c1-25(2)12-5-13-28-18-9-10-19-16(14-18)7-8-17-15-21(27)26(24-22(17)19)20-6-3-4-11-23-20/h3-4,6,9-11,14,17H,5,7-8,12-13,15H2,1-2H3. The van der Waals surface area contributed by atoms with Gasteiger partial charge >= 0.3 is 0 Å². The van der Waals surface area contributed by atoms with Crippen LogP contribution in [-0.4, -0.2) is 48.7 Å². The monoisotopic (exact) mass is 378 g/mol. The van der Waals surface area contributed by atoms with Crippen LogP contribution in [0.2, 0.25) is 0 Å². The highest BCUT2D eigenvalue weighted by Gasteiger charge is 2.35. The van der Waals surface area contributed by atoms with Gasteiger partial charge < -0.3 is 9.64 Å². The number of hydrogen-bond acceptors (Lipinski definition) is 5. The van der Waals surface area contributed by atoms with Crippen molar-refractivity contribution in [3.05, 3.63) is 53.7 Å². The number of amides is 1. The van der Waals surface area contributed by atoms with Crippen molar-refractivity contribution in [2.45, 2.75) is 25.7 Å². The molecule has 0 N–H and O–H groups in total. The molecule has 0 radical (unpaired) electrons. The SMILES string of the molecule is CN(C)CCCOc1ccc2c(c1)CCC1CC(=O)N(c3ccccn3)N=C21. The van der Waals surface area contributed by atoms with Crippen molar-refractivity contribution in [1.29, 1.82) is 0 Å². The summed E-state index contributed by atoms with van der Waals surface area (Å²) in [6.07, 6.45) is 5.06.